The van der Waals surface area contributed by atoms with Crippen LogP contribution in [0.4, 0.5) is 0 Å². The molecule has 0 spiro atoms. The molecule has 1 aromatic rings. The van der Waals surface area contributed by atoms with Crippen LogP contribution >= 0.6 is 0 Å². The van der Waals surface area contributed by atoms with E-state index < -0.39 is 11.5 Å². The van der Waals surface area contributed by atoms with Gasteiger partial charge in [0.1, 0.15) is 5.75 Å². The third kappa shape index (κ3) is 2.57. The highest BCUT2D eigenvalue weighted by Gasteiger charge is 2.15. The Morgan fingerprint density at radius 2 is 2.27 bits per heavy atom. The second-order valence-electron chi connectivity index (χ2n) is 3.05. The first-order valence-electron chi connectivity index (χ1n) is 4.34. The Kier molecular flexibility index (Phi) is 3.46. The Balaban J connectivity index is 2.96. The van der Waals surface area contributed by atoms with Crippen LogP contribution in [0, 0.1) is 0 Å². The van der Waals surface area contributed by atoms with Gasteiger partial charge in [0.2, 0.25) is 0 Å². The summed E-state index contributed by atoms with van der Waals surface area (Å²) in [7, 11) is 1.49. The molecule has 0 saturated heterocycles. The molecule has 6 heteroatoms. The summed E-state index contributed by atoms with van der Waals surface area (Å²) in [5.41, 5.74) is -0.473. The number of amides is 1. The first-order chi connectivity index (χ1) is 7.06. The summed E-state index contributed by atoms with van der Waals surface area (Å²) in [5, 5.41) is 18.0. The van der Waals surface area contributed by atoms with Gasteiger partial charge in [0.25, 0.3) is 11.5 Å². The number of pyridine rings is 1. The van der Waals surface area contributed by atoms with Crippen LogP contribution in [-0.2, 0) is 0 Å². The molecule has 6 nitrogen and oxygen atoms in total. The van der Waals surface area contributed by atoms with Crippen LogP contribution in [0.1, 0.15) is 10.4 Å². The lowest BCUT2D eigenvalue weighted by Crippen LogP contribution is -2.30. The van der Waals surface area contributed by atoms with Crippen LogP contribution < -0.4 is 5.56 Å². The smallest absolute Gasteiger partial charge is 0.258 e. The van der Waals surface area contributed by atoms with Gasteiger partial charge in [-0.25, -0.2) is 0 Å². The first-order valence-corrected chi connectivity index (χ1v) is 4.34. The Morgan fingerprint density at radius 3 is 2.80 bits per heavy atom. The van der Waals surface area contributed by atoms with Crippen molar-refractivity contribution in [1.82, 2.24) is 9.88 Å². The molecule has 0 atom stereocenters. The highest BCUT2D eigenvalue weighted by Crippen LogP contribution is 2.13. The Hall–Kier alpha value is -1.82. The molecule has 0 fully saturated rings. The van der Waals surface area contributed by atoms with Gasteiger partial charge < -0.3 is 20.1 Å². The summed E-state index contributed by atoms with van der Waals surface area (Å²) in [6.07, 6.45) is 1.15. The normalized spacial score (nSPS) is 10.0. The van der Waals surface area contributed by atoms with Crippen LogP contribution in [0.3, 0.4) is 0 Å². The Labute approximate surface area is 85.8 Å². The van der Waals surface area contributed by atoms with Crippen molar-refractivity contribution < 1.29 is 15.0 Å². The summed E-state index contributed by atoms with van der Waals surface area (Å²) in [5.74, 6) is -0.827. The number of nitrogens with one attached hydrogen (secondary N) is 1. The van der Waals surface area contributed by atoms with Crippen molar-refractivity contribution in [1.29, 1.82) is 0 Å². The van der Waals surface area contributed by atoms with Crippen LogP contribution in [0.2, 0.25) is 0 Å². The van der Waals surface area contributed by atoms with Crippen molar-refractivity contribution in [3.63, 3.8) is 0 Å². The molecule has 0 aliphatic carbocycles. The number of likely N-dealkylation sites (N-methyl/N-ethyl adjacent to an activating group) is 1. The van der Waals surface area contributed by atoms with Crippen LogP contribution in [0.5, 0.6) is 5.75 Å². The summed E-state index contributed by atoms with van der Waals surface area (Å²) >= 11 is 0. The molecular weight excluding hydrogens is 200 g/mol. The van der Waals surface area contributed by atoms with Crippen molar-refractivity contribution >= 4 is 5.91 Å². The van der Waals surface area contributed by atoms with Gasteiger partial charge in [0.05, 0.1) is 12.2 Å². The van der Waals surface area contributed by atoms with Gasteiger partial charge in [0, 0.05) is 25.9 Å². The SMILES string of the molecule is CN(CCO)C(=O)c1c[nH]c(=O)cc1O. The number of aliphatic hydroxyl groups excluding tert-OH is 1. The highest BCUT2D eigenvalue weighted by atomic mass is 16.3. The Bertz CT molecular complexity index is 413. The maximum Gasteiger partial charge on any atom is 0.258 e. The number of aromatic hydroxyl groups is 1. The average molecular weight is 212 g/mol. The third-order valence-electron chi connectivity index (χ3n) is 1.92. The van der Waals surface area contributed by atoms with E-state index in [2.05, 4.69) is 4.98 Å². The van der Waals surface area contributed by atoms with E-state index in [1.807, 2.05) is 0 Å². The number of hydrogen-bond donors (Lipinski definition) is 3. The van der Waals surface area contributed by atoms with E-state index >= 15 is 0 Å². The van der Waals surface area contributed by atoms with E-state index in [0.29, 0.717) is 0 Å². The van der Waals surface area contributed by atoms with Crippen LogP contribution in [0.25, 0.3) is 0 Å². The number of carbonyl (C=O) groups excluding carboxylic acids is 1. The highest BCUT2D eigenvalue weighted by molar-refractivity contribution is 5.96. The molecule has 0 aromatic carbocycles. The largest absolute Gasteiger partial charge is 0.507 e. The molecule has 0 bridgehead atoms. The van der Waals surface area contributed by atoms with Crippen molar-refractivity contribution in [2.75, 3.05) is 20.2 Å². The second kappa shape index (κ2) is 4.61. The summed E-state index contributed by atoms with van der Waals surface area (Å²) < 4.78 is 0. The van der Waals surface area contributed by atoms with Gasteiger partial charge >= 0.3 is 0 Å². The molecule has 1 rings (SSSR count). The topological polar surface area (TPSA) is 93.6 Å². The number of rotatable bonds is 3. The monoisotopic (exact) mass is 212 g/mol. The van der Waals surface area contributed by atoms with Crippen molar-refractivity contribution in [3.8, 4) is 5.75 Å². The lowest BCUT2D eigenvalue weighted by atomic mass is 10.2. The lowest BCUT2D eigenvalue weighted by Gasteiger charge is -2.15. The predicted octanol–water partition coefficient (Wildman–Crippen LogP) is -0.855. The van der Waals surface area contributed by atoms with Crippen molar-refractivity contribution in [2.24, 2.45) is 0 Å². The fourth-order valence-electron chi connectivity index (χ4n) is 1.09. The minimum atomic E-state index is -0.478. The van der Waals surface area contributed by atoms with E-state index in [9.17, 15) is 14.7 Å². The second-order valence-corrected chi connectivity index (χ2v) is 3.05. The summed E-state index contributed by atoms with van der Waals surface area (Å²) in [6, 6.07) is 0.931. The van der Waals surface area contributed by atoms with E-state index in [-0.39, 0.29) is 24.5 Å². The van der Waals surface area contributed by atoms with Gasteiger partial charge in [-0.2, -0.15) is 0 Å². The summed E-state index contributed by atoms with van der Waals surface area (Å²) in [6.45, 7) is 0.00373. The summed E-state index contributed by atoms with van der Waals surface area (Å²) in [4.78, 5) is 25.9. The molecule has 0 aliphatic rings. The molecule has 1 aromatic heterocycles. The minimum Gasteiger partial charge on any atom is -0.507 e. The fraction of sp³-hybridized carbons (Fsp3) is 0.333. The minimum absolute atomic E-state index is 0.00514. The van der Waals surface area contributed by atoms with Crippen molar-refractivity contribution in [3.05, 3.63) is 28.2 Å². The van der Waals surface area contributed by atoms with E-state index in [4.69, 9.17) is 5.11 Å². The van der Waals surface area contributed by atoms with Gasteiger partial charge in [-0.1, -0.05) is 0 Å². The third-order valence-corrected chi connectivity index (χ3v) is 1.92. The van der Waals surface area contributed by atoms with Crippen LogP contribution in [0.15, 0.2) is 17.1 Å². The number of aliphatic hydroxyl groups is 1. The van der Waals surface area contributed by atoms with Gasteiger partial charge in [-0.3, -0.25) is 9.59 Å². The zero-order chi connectivity index (χ0) is 11.4. The van der Waals surface area contributed by atoms with E-state index in [0.717, 1.165) is 12.3 Å². The number of aromatic nitrogens is 1. The van der Waals surface area contributed by atoms with Gasteiger partial charge in [-0.05, 0) is 0 Å². The molecule has 0 aliphatic heterocycles. The number of carbonyl (C=O) groups is 1. The van der Waals surface area contributed by atoms with Gasteiger partial charge in [-0.15, -0.1) is 0 Å². The molecule has 0 saturated carbocycles. The molecule has 0 unspecified atom stereocenters. The molecule has 82 valence electrons. The zero-order valence-corrected chi connectivity index (χ0v) is 8.23. The number of hydrogen-bond acceptors (Lipinski definition) is 4. The zero-order valence-electron chi connectivity index (χ0n) is 8.23. The molecule has 0 radical (unpaired) electrons. The lowest BCUT2D eigenvalue weighted by molar-refractivity contribution is 0.0763. The molecule has 15 heavy (non-hydrogen) atoms. The number of nitrogens with zero attached hydrogens (tertiary/aromatic N) is 1. The standard InChI is InChI=1S/C9H12N2O4/c1-11(2-3-12)9(15)6-5-10-8(14)4-7(6)13/h4-5,12H,2-3H2,1H3,(H2,10,13,14). The first kappa shape index (κ1) is 11.3. The predicted molar refractivity (Wildman–Crippen MR) is 52.8 cm³/mol. The average Bonchev–Trinajstić information content (AvgIpc) is 2.17. The van der Waals surface area contributed by atoms with E-state index in [1.54, 1.807) is 0 Å². The Morgan fingerprint density at radius 1 is 1.60 bits per heavy atom. The number of aromatic amines is 1. The van der Waals surface area contributed by atoms with Gasteiger partial charge in [0.15, 0.2) is 0 Å². The maximum absolute atomic E-state index is 11.6. The van der Waals surface area contributed by atoms with E-state index in [1.165, 1.54) is 11.9 Å². The molecule has 1 heterocycles. The van der Waals surface area contributed by atoms with Crippen molar-refractivity contribution in [2.45, 2.75) is 0 Å². The quantitative estimate of drug-likeness (QED) is 0.608. The molecule has 1 amide bonds. The fourth-order valence-corrected chi connectivity index (χ4v) is 1.09. The maximum atomic E-state index is 11.6. The molecule has 3 N–H and O–H groups in total. The molecular formula is C9H12N2O4. The number of H-pyrrole nitrogens is 1. The van der Waals surface area contributed by atoms with Crippen LogP contribution in [-0.4, -0.2) is 46.2 Å².